The summed E-state index contributed by atoms with van der Waals surface area (Å²) in [6.07, 6.45) is 18.4. The Morgan fingerprint density at radius 2 is 1.54 bits per heavy atom. The quantitative estimate of drug-likeness (QED) is 0.473. The second-order valence-electron chi connectivity index (χ2n) is 10.9. The largest absolute Gasteiger partial charge is 0.0683 e. The van der Waals surface area contributed by atoms with E-state index in [4.69, 9.17) is 0 Å². The molecular formula is C26H48. The topological polar surface area (TPSA) is 0 Å². The highest BCUT2D eigenvalue weighted by molar-refractivity contribution is 5.09. The minimum atomic E-state index is 0.688. The summed E-state index contributed by atoms with van der Waals surface area (Å²) >= 11 is 0. The standard InChI is InChI=1S/C24H42.C2H6/c1-5-8-17(2)20-12-13-21-19-11-10-18-9-6-7-15-23(18,3)22(19)14-16-24(20,21)4;1-2/h17-22H,5-16H2,1-4H3;1-2H3. The van der Waals surface area contributed by atoms with Crippen molar-refractivity contribution in [1.82, 2.24) is 0 Å². The fourth-order valence-corrected chi connectivity index (χ4v) is 8.93. The van der Waals surface area contributed by atoms with E-state index in [9.17, 15) is 0 Å². The zero-order chi connectivity index (χ0) is 18.9. The van der Waals surface area contributed by atoms with E-state index in [2.05, 4.69) is 27.7 Å². The second kappa shape index (κ2) is 8.16. The van der Waals surface area contributed by atoms with E-state index >= 15 is 0 Å². The Bertz CT molecular complexity index is 453. The lowest BCUT2D eigenvalue weighted by Crippen LogP contribution is -2.53. The van der Waals surface area contributed by atoms with Gasteiger partial charge in [-0.3, -0.25) is 0 Å². The molecule has 0 aromatic rings. The third-order valence-corrected chi connectivity index (χ3v) is 10.1. The molecule has 0 nitrogen and oxygen atoms in total. The van der Waals surface area contributed by atoms with Crippen LogP contribution in [-0.4, -0.2) is 0 Å². The fraction of sp³-hybridized carbons (Fsp3) is 1.00. The highest BCUT2D eigenvalue weighted by atomic mass is 14.6. The Morgan fingerprint density at radius 1 is 0.808 bits per heavy atom. The van der Waals surface area contributed by atoms with Gasteiger partial charge in [0.05, 0.1) is 0 Å². The molecule has 8 unspecified atom stereocenters. The molecule has 0 spiro atoms. The highest BCUT2D eigenvalue weighted by Crippen LogP contribution is 2.68. The van der Waals surface area contributed by atoms with Crippen molar-refractivity contribution in [3.8, 4) is 0 Å². The van der Waals surface area contributed by atoms with Crippen molar-refractivity contribution < 1.29 is 0 Å². The van der Waals surface area contributed by atoms with Crippen LogP contribution in [0.3, 0.4) is 0 Å². The maximum absolute atomic E-state index is 2.73. The van der Waals surface area contributed by atoms with E-state index in [1.807, 2.05) is 13.8 Å². The maximum atomic E-state index is 2.73. The lowest BCUT2D eigenvalue weighted by atomic mass is 9.44. The molecule has 0 aromatic heterocycles. The predicted octanol–water partition coefficient (Wildman–Crippen LogP) is 8.50. The second-order valence-corrected chi connectivity index (χ2v) is 10.9. The van der Waals surface area contributed by atoms with Gasteiger partial charge in [-0.05, 0) is 97.7 Å². The summed E-state index contributed by atoms with van der Waals surface area (Å²) in [7, 11) is 0. The Balaban J connectivity index is 0.000000948. The molecule has 0 aliphatic heterocycles. The first kappa shape index (κ1) is 20.7. The lowest BCUT2D eigenvalue weighted by molar-refractivity contribution is -0.114. The van der Waals surface area contributed by atoms with Crippen molar-refractivity contribution in [2.75, 3.05) is 0 Å². The molecule has 8 atom stereocenters. The maximum Gasteiger partial charge on any atom is -0.0264 e. The fourth-order valence-electron chi connectivity index (χ4n) is 8.93. The van der Waals surface area contributed by atoms with Gasteiger partial charge in [-0.25, -0.2) is 0 Å². The first-order valence-electron chi connectivity index (χ1n) is 12.5. The Kier molecular flexibility index (Phi) is 6.51. The number of hydrogen-bond acceptors (Lipinski definition) is 0. The summed E-state index contributed by atoms with van der Waals surface area (Å²) < 4.78 is 0. The molecule has 0 radical (unpaired) electrons. The van der Waals surface area contributed by atoms with Crippen molar-refractivity contribution in [2.45, 2.75) is 119 Å². The van der Waals surface area contributed by atoms with Crippen molar-refractivity contribution in [2.24, 2.45) is 46.3 Å². The van der Waals surface area contributed by atoms with Gasteiger partial charge in [-0.15, -0.1) is 0 Å². The molecule has 4 fully saturated rings. The van der Waals surface area contributed by atoms with Crippen LogP contribution in [0, 0.1) is 46.3 Å². The van der Waals surface area contributed by atoms with Crippen molar-refractivity contribution >= 4 is 0 Å². The molecule has 152 valence electrons. The van der Waals surface area contributed by atoms with Gasteiger partial charge < -0.3 is 0 Å². The lowest BCUT2D eigenvalue weighted by Gasteiger charge is -2.61. The molecular weight excluding hydrogens is 312 g/mol. The van der Waals surface area contributed by atoms with Crippen LogP contribution in [0.1, 0.15) is 119 Å². The summed E-state index contributed by atoms with van der Waals surface area (Å²) in [6.45, 7) is 14.4. The zero-order valence-electron chi connectivity index (χ0n) is 18.9. The highest BCUT2D eigenvalue weighted by Gasteiger charge is 2.59. The van der Waals surface area contributed by atoms with Crippen molar-refractivity contribution in [1.29, 1.82) is 0 Å². The van der Waals surface area contributed by atoms with E-state index in [1.165, 1.54) is 25.7 Å². The van der Waals surface area contributed by atoms with E-state index in [0.717, 1.165) is 40.9 Å². The van der Waals surface area contributed by atoms with Crippen LogP contribution in [-0.2, 0) is 0 Å². The van der Waals surface area contributed by atoms with Crippen LogP contribution in [0.4, 0.5) is 0 Å². The van der Waals surface area contributed by atoms with E-state index in [0.29, 0.717) is 5.41 Å². The molecule has 26 heavy (non-hydrogen) atoms. The van der Waals surface area contributed by atoms with Crippen LogP contribution < -0.4 is 0 Å². The van der Waals surface area contributed by atoms with Gasteiger partial charge in [-0.1, -0.05) is 67.2 Å². The SMILES string of the molecule is CC.CCCC(C)C1CCC2C3CCC4CCCCC4(C)C3CCC12C. The predicted molar refractivity (Wildman–Crippen MR) is 115 cm³/mol. The Labute approximate surface area is 165 Å². The minimum absolute atomic E-state index is 0.688. The molecule has 0 aromatic carbocycles. The molecule has 4 saturated carbocycles. The summed E-state index contributed by atoms with van der Waals surface area (Å²) in [6, 6.07) is 0. The van der Waals surface area contributed by atoms with Gasteiger partial charge in [0.1, 0.15) is 0 Å². The molecule has 0 amide bonds. The summed E-state index contributed by atoms with van der Waals surface area (Å²) in [5.41, 5.74) is 1.41. The van der Waals surface area contributed by atoms with Gasteiger partial charge in [-0.2, -0.15) is 0 Å². The third kappa shape index (κ3) is 3.20. The smallest absolute Gasteiger partial charge is 0.0264 e. The van der Waals surface area contributed by atoms with Crippen LogP contribution in [0.15, 0.2) is 0 Å². The first-order chi connectivity index (χ1) is 12.5. The average molecular weight is 361 g/mol. The summed E-state index contributed by atoms with van der Waals surface area (Å²) in [4.78, 5) is 0. The van der Waals surface area contributed by atoms with Crippen LogP contribution in [0.2, 0.25) is 0 Å². The van der Waals surface area contributed by atoms with E-state index in [-0.39, 0.29) is 0 Å². The molecule has 4 aliphatic carbocycles. The van der Waals surface area contributed by atoms with Crippen molar-refractivity contribution in [3.63, 3.8) is 0 Å². The molecule has 0 heterocycles. The number of fused-ring (bicyclic) bond motifs is 5. The van der Waals surface area contributed by atoms with Crippen molar-refractivity contribution in [3.05, 3.63) is 0 Å². The van der Waals surface area contributed by atoms with Gasteiger partial charge in [0, 0.05) is 0 Å². The normalized spacial score (nSPS) is 48.5. The van der Waals surface area contributed by atoms with Crippen LogP contribution in [0.25, 0.3) is 0 Å². The molecule has 4 rings (SSSR count). The molecule has 0 saturated heterocycles. The monoisotopic (exact) mass is 360 g/mol. The number of rotatable bonds is 3. The number of hydrogen-bond donors (Lipinski definition) is 0. The summed E-state index contributed by atoms with van der Waals surface area (Å²) in [5.74, 6) is 6.30. The van der Waals surface area contributed by atoms with E-state index in [1.54, 1.807) is 51.4 Å². The third-order valence-electron chi connectivity index (χ3n) is 10.1. The zero-order valence-corrected chi connectivity index (χ0v) is 18.9. The summed E-state index contributed by atoms with van der Waals surface area (Å²) in [5, 5.41) is 0. The minimum Gasteiger partial charge on any atom is -0.0683 e. The van der Waals surface area contributed by atoms with Gasteiger partial charge in [0.2, 0.25) is 0 Å². The molecule has 0 heteroatoms. The van der Waals surface area contributed by atoms with E-state index < -0.39 is 0 Å². The first-order valence-corrected chi connectivity index (χ1v) is 12.5. The average Bonchev–Trinajstić information content (AvgIpc) is 3.00. The Hall–Kier alpha value is 0. The molecule has 0 bridgehead atoms. The van der Waals surface area contributed by atoms with Crippen LogP contribution in [0.5, 0.6) is 0 Å². The van der Waals surface area contributed by atoms with Gasteiger partial charge in [0.25, 0.3) is 0 Å². The van der Waals surface area contributed by atoms with Crippen LogP contribution >= 0.6 is 0 Å². The molecule has 0 N–H and O–H groups in total. The Morgan fingerprint density at radius 3 is 2.27 bits per heavy atom. The van der Waals surface area contributed by atoms with Gasteiger partial charge in [0.15, 0.2) is 0 Å². The van der Waals surface area contributed by atoms with Gasteiger partial charge >= 0.3 is 0 Å². The molecule has 4 aliphatic rings.